The van der Waals surface area contributed by atoms with Crippen LogP contribution in [0.3, 0.4) is 0 Å². The number of carbonyl (C=O) groups is 1. The lowest BCUT2D eigenvalue weighted by Crippen LogP contribution is -2.38. The predicted molar refractivity (Wildman–Crippen MR) is 73.9 cm³/mol. The molecule has 1 unspecified atom stereocenters. The summed E-state index contributed by atoms with van der Waals surface area (Å²) >= 11 is 0. The molecule has 0 aromatic heterocycles. The average Bonchev–Trinajstić information content (AvgIpc) is 2.39. The zero-order valence-electron chi connectivity index (χ0n) is 11.6. The van der Waals surface area contributed by atoms with Gasteiger partial charge in [-0.1, -0.05) is 6.92 Å². The summed E-state index contributed by atoms with van der Waals surface area (Å²) in [4.78, 5) is 14.3. The Labute approximate surface area is 109 Å². The van der Waals surface area contributed by atoms with Gasteiger partial charge in [-0.2, -0.15) is 0 Å². The van der Waals surface area contributed by atoms with Crippen molar-refractivity contribution in [3.63, 3.8) is 0 Å². The first-order chi connectivity index (χ1) is 8.54. The van der Waals surface area contributed by atoms with Crippen LogP contribution in [0.25, 0.3) is 0 Å². The Morgan fingerprint density at radius 2 is 2.11 bits per heavy atom. The van der Waals surface area contributed by atoms with Gasteiger partial charge in [0.05, 0.1) is 12.7 Å². The van der Waals surface area contributed by atoms with E-state index in [-0.39, 0.29) is 11.9 Å². The minimum absolute atomic E-state index is 0.0315. The third-order valence-electron chi connectivity index (χ3n) is 3.18. The summed E-state index contributed by atoms with van der Waals surface area (Å²) in [7, 11) is 1.56. The summed E-state index contributed by atoms with van der Waals surface area (Å²) in [5.41, 5.74) is 6.84. The van der Waals surface area contributed by atoms with Crippen molar-refractivity contribution in [3.8, 4) is 5.75 Å². The van der Waals surface area contributed by atoms with Crippen LogP contribution in [0.4, 0.5) is 5.69 Å². The van der Waals surface area contributed by atoms with Gasteiger partial charge >= 0.3 is 0 Å². The molecule has 4 heteroatoms. The van der Waals surface area contributed by atoms with Crippen LogP contribution in [0.2, 0.25) is 0 Å². The highest BCUT2D eigenvalue weighted by Gasteiger charge is 2.22. The Morgan fingerprint density at radius 3 is 2.61 bits per heavy atom. The molecular formula is C14H22N2O2. The number of anilines is 1. The molecule has 0 aliphatic rings. The molecule has 0 spiro atoms. The van der Waals surface area contributed by atoms with Crippen molar-refractivity contribution in [2.75, 3.05) is 19.4 Å². The summed E-state index contributed by atoms with van der Waals surface area (Å²) in [6, 6.07) is 5.34. The van der Waals surface area contributed by atoms with Crippen molar-refractivity contribution >= 4 is 11.6 Å². The molecule has 100 valence electrons. The highest BCUT2D eigenvalue weighted by molar-refractivity contribution is 5.98. The SMILES string of the molecule is CCC(C)N(CC)C(=O)c1cc(N)ccc1OC. The molecule has 0 saturated carbocycles. The molecule has 0 fully saturated rings. The van der Waals surface area contributed by atoms with E-state index in [2.05, 4.69) is 6.92 Å². The van der Waals surface area contributed by atoms with E-state index in [1.54, 1.807) is 25.3 Å². The molecule has 0 bridgehead atoms. The number of hydrogen-bond acceptors (Lipinski definition) is 3. The van der Waals surface area contributed by atoms with Gasteiger partial charge in [0.2, 0.25) is 0 Å². The smallest absolute Gasteiger partial charge is 0.257 e. The van der Waals surface area contributed by atoms with Crippen molar-refractivity contribution in [1.29, 1.82) is 0 Å². The van der Waals surface area contributed by atoms with E-state index in [0.29, 0.717) is 23.5 Å². The van der Waals surface area contributed by atoms with Gasteiger partial charge in [-0.15, -0.1) is 0 Å². The van der Waals surface area contributed by atoms with E-state index in [0.717, 1.165) is 6.42 Å². The molecule has 0 aliphatic carbocycles. The Bertz CT molecular complexity index is 418. The fourth-order valence-electron chi connectivity index (χ4n) is 1.92. The molecule has 1 aromatic carbocycles. The highest BCUT2D eigenvalue weighted by Crippen LogP contribution is 2.23. The monoisotopic (exact) mass is 250 g/mol. The van der Waals surface area contributed by atoms with Crippen LogP contribution in [0.15, 0.2) is 18.2 Å². The lowest BCUT2D eigenvalue weighted by molar-refractivity contribution is 0.0696. The number of hydrogen-bond donors (Lipinski definition) is 1. The minimum Gasteiger partial charge on any atom is -0.496 e. The van der Waals surface area contributed by atoms with Crippen molar-refractivity contribution in [3.05, 3.63) is 23.8 Å². The molecule has 1 atom stereocenters. The molecule has 1 rings (SSSR count). The number of nitrogens with two attached hydrogens (primary N) is 1. The number of nitrogen functional groups attached to an aromatic ring is 1. The lowest BCUT2D eigenvalue weighted by Gasteiger charge is -2.28. The number of benzene rings is 1. The van der Waals surface area contributed by atoms with Gasteiger partial charge < -0.3 is 15.4 Å². The average molecular weight is 250 g/mol. The van der Waals surface area contributed by atoms with Crippen LogP contribution >= 0.6 is 0 Å². The second-order valence-electron chi connectivity index (χ2n) is 4.31. The first kappa shape index (κ1) is 14.4. The Hall–Kier alpha value is -1.71. The molecule has 0 heterocycles. The van der Waals surface area contributed by atoms with Crippen LogP contribution in [0.1, 0.15) is 37.6 Å². The maximum Gasteiger partial charge on any atom is 0.257 e. The molecule has 0 radical (unpaired) electrons. The predicted octanol–water partition coefficient (Wildman–Crippen LogP) is 2.54. The van der Waals surface area contributed by atoms with E-state index in [9.17, 15) is 4.79 Å². The van der Waals surface area contributed by atoms with Gasteiger partial charge in [-0.25, -0.2) is 0 Å². The third-order valence-corrected chi connectivity index (χ3v) is 3.18. The minimum atomic E-state index is -0.0315. The molecule has 1 aromatic rings. The number of nitrogens with zero attached hydrogens (tertiary/aromatic N) is 1. The van der Waals surface area contributed by atoms with Gasteiger partial charge in [0, 0.05) is 18.3 Å². The summed E-state index contributed by atoms with van der Waals surface area (Å²) < 4.78 is 5.23. The van der Waals surface area contributed by atoms with Crippen LogP contribution < -0.4 is 10.5 Å². The summed E-state index contributed by atoms with van der Waals surface area (Å²) in [5.74, 6) is 0.534. The first-order valence-corrected chi connectivity index (χ1v) is 6.29. The fourth-order valence-corrected chi connectivity index (χ4v) is 1.92. The molecule has 1 amide bonds. The molecular weight excluding hydrogens is 228 g/mol. The number of ether oxygens (including phenoxy) is 1. The topological polar surface area (TPSA) is 55.6 Å². The fraction of sp³-hybridized carbons (Fsp3) is 0.500. The van der Waals surface area contributed by atoms with Gasteiger partial charge in [0.1, 0.15) is 5.75 Å². The van der Waals surface area contributed by atoms with E-state index in [1.807, 2.05) is 18.7 Å². The van der Waals surface area contributed by atoms with Crippen molar-refractivity contribution < 1.29 is 9.53 Å². The van der Waals surface area contributed by atoms with Crippen LogP contribution in [-0.2, 0) is 0 Å². The molecule has 0 saturated heterocycles. The van der Waals surface area contributed by atoms with Gasteiger partial charge in [-0.3, -0.25) is 4.79 Å². The molecule has 4 nitrogen and oxygen atoms in total. The maximum atomic E-state index is 12.5. The van der Waals surface area contributed by atoms with Gasteiger partial charge in [0.25, 0.3) is 5.91 Å². The molecule has 18 heavy (non-hydrogen) atoms. The van der Waals surface area contributed by atoms with Gasteiger partial charge in [0.15, 0.2) is 0 Å². The lowest BCUT2D eigenvalue weighted by atomic mass is 10.1. The Kier molecular flexibility index (Phi) is 5.01. The first-order valence-electron chi connectivity index (χ1n) is 6.29. The maximum absolute atomic E-state index is 12.5. The number of methoxy groups -OCH3 is 1. The number of carbonyl (C=O) groups excluding carboxylic acids is 1. The summed E-state index contributed by atoms with van der Waals surface area (Å²) in [6.45, 7) is 6.76. The standard InChI is InChI=1S/C14H22N2O2/c1-5-10(3)16(6-2)14(17)12-9-11(15)7-8-13(12)18-4/h7-10H,5-6,15H2,1-4H3. The van der Waals surface area contributed by atoms with Crippen molar-refractivity contribution in [2.24, 2.45) is 0 Å². The van der Waals surface area contributed by atoms with Crippen molar-refractivity contribution in [1.82, 2.24) is 4.90 Å². The Morgan fingerprint density at radius 1 is 1.44 bits per heavy atom. The van der Waals surface area contributed by atoms with Crippen LogP contribution in [-0.4, -0.2) is 30.5 Å². The van der Waals surface area contributed by atoms with Gasteiger partial charge in [-0.05, 0) is 38.5 Å². The molecule has 0 aliphatic heterocycles. The largest absolute Gasteiger partial charge is 0.496 e. The van der Waals surface area contributed by atoms with E-state index >= 15 is 0 Å². The zero-order chi connectivity index (χ0) is 13.7. The van der Waals surface area contributed by atoms with Crippen LogP contribution in [0.5, 0.6) is 5.75 Å². The highest BCUT2D eigenvalue weighted by atomic mass is 16.5. The second-order valence-corrected chi connectivity index (χ2v) is 4.31. The van der Waals surface area contributed by atoms with E-state index in [4.69, 9.17) is 10.5 Å². The molecule has 2 N–H and O–H groups in total. The normalized spacial score (nSPS) is 12.0. The Balaban J connectivity index is 3.11. The number of amides is 1. The quantitative estimate of drug-likeness (QED) is 0.817. The summed E-state index contributed by atoms with van der Waals surface area (Å²) in [6.07, 6.45) is 0.921. The zero-order valence-corrected chi connectivity index (χ0v) is 11.6. The van der Waals surface area contributed by atoms with E-state index in [1.165, 1.54) is 0 Å². The van der Waals surface area contributed by atoms with E-state index < -0.39 is 0 Å². The van der Waals surface area contributed by atoms with Crippen LogP contribution in [0, 0.1) is 0 Å². The second kappa shape index (κ2) is 6.28. The third kappa shape index (κ3) is 2.94. The summed E-state index contributed by atoms with van der Waals surface area (Å²) in [5, 5.41) is 0. The van der Waals surface area contributed by atoms with Crippen molar-refractivity contribution in [2.45, 2.75) is 33.2 Å². The number of rotatable bonds is 5.